The van der Waals surface area contributed by atoms with Crippen LogP contribution in [0.2, 0.25) is 0 Å². The fourth-order valence-corrected chi connectivity index (χ4v) is 1.64. The molecule has 98 valence electrons. The number of carbonyl (C=O) groups is 1. The number of benzene rings is 1. The summed E-state index contributed by atoms with van der Waals surface area (Å²) in [5.41, 5.74) is 1.35. The molecule has 0 fully saturated rings. The van der Waals surface area contributed by atoms with E-state index in [0.717, 1.165) is 5.56 Å². The predicted molar refractivity (Wildman–Crippen MR) is 71.5 cm³/mol. The molecule has 1 N–H and O–H groups in total. The Bertz CT molecular complexity index is 601. The molecule has 0 aliphatic rings. The van der Waals surface area contributed by atoms with Crippen LogP contribution in [0.3, 0.4) is 0 Å². The van der Waals surface area contributed by atoms with Gasteiger partial charge in [0.1, 0.15) is 23.3 Å². The first-order valence-corrected chi connectivity index (χ1v) is 6.09. The van der Waals surface area contributed by atoms with Gasteiger partial charge in [0, 0.05) is 11.6 Å². The Morgan fingerprint density at radius 3 is 2.63 bits per heavy atom. The van der Waals surface area contributed by atoms with Gasteiger partial charge >= 0.3 is 0 Å². The first kappa shape index (κ1) is 13.4. The second-order valence-corrected chi connectivity index (χ2v) is 4.14. The van der Waals surface area contributed by atoms with Crippen LogP contribution >= 0.6 is 11.6 Å². The summed E-state index contributed by atoms with van der Waals surface area (Å²) in [7, 11) is 0. The Hall–Kier alpha value is -2.01. The molecule has 6 heteroatoms. The molecule has 0 bridgehead atoms. The number of alkyl halides is 1. The highest BCUT2D eigenvalue weighted by molar-refractivity contribution is 6.29. The van der Waals surface area contributed by atoms with Crippen molar-refractivity contribution in [2.45, 2.75) is 6.92 Å². The lowest BCUT2D eigenvalue weighted by Gasteiger charge is -2.07. The number of carbonyl (C=O) groups excluding carboxylic acids is 1. The molecule has 2 rings (SSSR count). The predicted octanol–water partition coefficient (Wildman–Crippen LogP) is 2.77. The summed E-state index contributed by atoms with van der Waals surface area (Å²) in [6.45, 7) is 1.71. The van der Waals surface area contributed by atoms with Crippen LogP contribution in [0.25, 0.3) is 11.3 Å². The van der Waals surface area contributed by atoms with E-state index in [0.29, 0.717) is 17.3 Å². The largest absolute Gasteiger partial charge is 0.310 e. The molecule has 0 spiro atoms. The van der Waals surface area contributed by atoms with Crippen LogP contribution in [0.1, 0.15) is 5.82 Å². The zero-order valence-electron chi connectivity index (χ0n) is 10.2. The van der Waals surface area contributed by atoms with Gasteiger partial charge < -0.3 is 5.32 Å². The minimum atomic E-state index is -0.343. The van der Waals surface area contributed by atoms with Gasteiger partial charge in [0.2, 0.25) is 5.91 Å². The maximum absolute atomic E-state index is 12.9. The van der Waals surface area contributed by atoms with Crippen molar-refractivity contribution >= 4 is 23.3 Å². The van der Waals surface area contributed by atoms with Crippen LogP contribution in [0.4, 0.5) is 10.2 Å². The van der Waals surface area contributed by atoms with Crippen molar-refractivity contribution in [2.75, 3.05) is 11.2 Å². The van der Waals surface area contributed by atoms with Gasteiger partial charge in [-0.3, -0.25) is 4.79 Å². The Balaban J connectivity index is 2.35. The Labute approximate surface area is 114 Å². The average molecular weight is 280 g/mol. The number of aromatic nitrogens is 2. The zero-order chi connectivity index (χ0) is 13.8. The molecule has 0 unspecified atom stereocenters. The summed E-state index contributed by atoms with van der Waals surface area (Å²) in [4.78, 5) is 19.6. The van der Waals surface area contributed by atoms with Crippen molar-refractivity contribution < 1.29 is 9.18 Å². The van der Waals surface area contributed by atoms with Gasteiger partial charge in [-0.05, 0) is 31.2 Å². The lowest BCUT2D eigenvalue weighted by Crippen LogP contribution is -2.14. The van der Waals surface area contributed by atoms with Crippen LogP contribution < -0.4 is 5.32 Å². The molecule has 2 aromatic rings. The van der Waals surface area contributed by atoms with Crippen molar-refractivity contribution in [3.05, 3.63) is 42.0 Å². The number of nitrogens with zero attached hydrogens (tertiary/aromatic N) is 2. The third-order valence-electron chi connectivity index (χ3n) is 2.37. The molecular formula is C13H11ClFN3O. The first-order chi connectivity index (χ1) is 9.08. The van der Waals surface area contributed by atoms with Crippen LogP contribution in [0, 0.1) is 12.7 Å². The Kier molecular flexibility index (Phi) is 4.06. The molecule has 0 saturated carbocycles. The van der Waals surface area contributed by atoms with E-state index in [4.69, 9.17) is 11.6 Å². The van der Waals surface area contributed by atoms with Gasteiger partial charge in [0.05, 0.1) is 5.69 Å². The maximum atomic E-state index is 12.9. The normalized spacial score (nSPS) is 10.3. The van der Waals surface area contributed by atoms with Gasteiger partial charge in [-0.1, -0.05) is 0 Å². The highest BCUT2D eigenvalue weighted by Crippen LogP contribution is 2.20. The lowest BCUT2D eigenvalue weighted by molar-refractivity contribution is -0.113. The van der Waals surface area contributed by atoms with E-state index in [1.807, 2.05) is 0 Å². The van der Waals surface area contributed by atoms with Crippen LogP contribution in [-0.2, 0) is 4.79 Å². The van der Waals surface area contributed by atoms with Gasteiger partial charge in [0.25, 0.3) is 0 Å². The van der Waals surface area contributed by atoms with E-state index in [-0.39, 0.29) is 17.6 Å². The number of hydrogen-bond donors (Lipinski definition) is 1. The third-order valence-corrected chi connectivity index (χ3v) is 2.61. The number of amides is 1. The van der Waals surface area contributed by atoms with Gasteiger partial charge in [-0.25, -0.2) is 14.4 Å². The second-order valence-electron chi connectivity index (χ2n) is 3.87. The molecule has 19 heavy (non-hydrogen) atoms. The molecule has 0 saturated heterocycles. The summed E-state index contributed by atoms with van der Waals surface area (Å²) in [5.74, 6) is 0.0776. The molecule has 0 atom stereocenters. The minimum absolute atomic E-state index is 0.144. The van der Waals surface area contributed by atoms with E-state index in [1.165, 1.54) is 12.1 Å². The molecule has 0 aliphatic carbocycles. The standard InChI is InChI=1S/C13H11ClFN3O/c1-8-16-11(9-2-4-10(15)5-3-9)6-12(17-8)18-13(19)7-14/h2-6H,7H2,1H3,(H,16,17,18,19). The summed E-state index contributed by atoms with van der Waals surface area (Å²) in [6, 6.07) is 7.55. The highest BCUT2D eigenvalue weighted by Gasteiger charge is 2.07. The molecule has 1 amide bonds. The number of halogens is 2. The van der Waals surface area contributed by atoms with Gasteiger partial charge in [-0.15, -0.1) is 11.6 Å². The van der Waals surface area contributed by atoms with E-state index in [2.05, 4.69) is 15.3 Å². The fourth-order valence-electron chi connectivity index (χ4n) is 1.58. The van der Waals surface area contributed by atoms with E-state index >= 15 is 0 Å². The number of aryl methyl sites for hydroxylation is 1. The lowest BCUT2D eigenvalue weighted by atomic mass is 10.1. The Morgan fingerprint density at radius 2 is 2.00 bits per heavy atom. The number of hydrogen-bond acceptors (Lipinski definition) is 3. The molecular weight excluding hydrogens is 269 g/mol. The first-order valence-electron chi connectivity index (χ1n) is 5.56. The number of anilines is 1. The van der Waals surface area contributed by atoms with E-state index < -0.39 is 0 Å². The summed E-state index contributed by atoms with van der Waals surface area (Å²) < 4.78 is 12.9. The monoisotopic (exact) mass is 279 g/mol. The summed E-state index contributed by atoms with van der Waals surface area (Å²) in [5, 5.41) is 2.56. The minimum Gasteiger partial charge on any atom is -0.310 e. The number of rotatable bonds is 3. The van der Waals surface area contributed by atoms with Gasteiger partial charge in [-0.2, -0.15) is 0 Å². The van der Waals surface area contributed by atoms with Crippen molar-refractivity contribution in [3.63, 3.8) is 0 Å². The van der Waals surface area contributed by atoms with E-state index in [9.17, 15) is 9.18 Å². The van der Waals surface area contributed by atoms with Gasteiger partial charge in [0.15, 0.2) is 0 Å². The quantitative estimate of drug-likeness (QED) is 0.879. The molecule has 1 aromatic heterocycles. The molecule has 4 nitrogen and oxygen atoms in total. The topological polar surface area (TPSA) is 54.9 Å². The SMILES string of the molecule is Cc1nc(NC(=O)CCl)cc(-c2ccc(F)cc2)n1. The van der Waals surface area contributed by atoms with Crippen LogP contribution in [0.5, 0.6) is 0 Å². The molecule has 1 heterocycles. The number of nitrogens with one attached hydrogen (secondary N) is 1. The van der Waals surface area contributed by atoms with Crippen LogP contribution in [-0.4, -0.2) is 21.8 Å². The van der Waals surface area contributed by atoms with Crippen molar-refractivity contribution in [2.24, 2.45) is 0 Å². The molecule has 1 aromatic carbocycles. The Morgan fingerprint density at radius 1 is 1.32 bits per heavy atom. The smallest absolute Gasteiger partial charge is 0.240 e. The molecule has 0 aliphatic heterocycles. The maximum Gasteiger partial charge on any atom is 0.240 e. The van der Waals surface area contributed by atoms with Crippen molar-refractivity contribution in [1.29, 1.82) is 0 Å². The fraction of sp³-hybridized carbons (Fsp3) is 0.154. The van der Waals surface area contributed by atoms with Crippen LogP contribution in [0.15, 0.2) is 30.3 Å². The average Bonchev–Trinajstić information content (AvgIpc) is 2.38. The highest BCUT2D eigenvalue weighted by atomic mass is 35.5. The van der Waals surface area contributed by atoms with Crippen molar-refractivity contribution in [1.82, 2.24) is 9.97 Å². The summed E-state index contributed by atoms with van der Waals surface area (Å²) in [6.07, 6.45) is 0. The third kappa shape index (κ3) is 3.48. The second kappa shape index (κ2) is 5.75. The van der Waals surface area contributed by atoms with Crippen molar-refractivity contribution in [3.8, 4) is 11.3 Å². The van der Waals surface area contributed by atoms with E-state index in [1.54, 1.807) is 25.1 Å². The molecule has 0 radical (unpaired) electrons. The summed E-state index contributed by atoms with van der Waals surface area (Å²) >= 11 is 5.42. The zero-order valence-corrected chi connectivity index (χ0v) is 10.9.